The van der Waals surface area contributed by atoms with Crippen LogP contribution in [-0.2, 0) is 43.3 Å². The van der Waals surface area contributed by atoms with Gasteiger partial charge in [-0.3, -0.25) is 5.32 Å². The van der Waals surface area contributed by atoms with Crippen molar-refractivity contribution >= 4 is 52.1 Å². The molecular formula is C23H29ClF3N3O3S2. The number of anilines is 1. The number of nitrogens with one attached hydrogen (secondary N) is 3. The van der Waals surface area contributed by atoms with Gasteiger partial charge in [-0.25, -0.2) is 9.59 Å². The van der Waals surface area contributed by atoms with Crippen molar-refractivity contribution in [2.75, 3.05) is 11.9 Å². The number of amides is 2. The van der Waals surface area contributed by atoms with Gasteiger partial charge in [0.15, 0.2) is 0 Å². The summed E-state index contributed by atoms with van der Waals surface area (Å²) >= 11 is 2.08. The number of urea groups is 1. The molecule has 12 heteroatoms. The molecule has 0 saturated heterocycles. The minimum atomic E-state index is -4.48. The Bertz CT molecular complexity index is 1110. The number of hydrogen-bond donors (Lipinski definition) is 3. The molecule has 3 heterocycles. The highest BCUT2D eigenvalue weighted by atomic mass is 35.5. The van der Waals surface area contributed by atoms with Crippen LogP contribution in [0.5, 0.6) is 0 Å². The maximum atomic E-state index is 13.6. The Morgan fingerprint density at radius 2 is 1.74 bits per heavy atom. The Hall–Kier alpha value is -1.82. The molecule has 0 atom stereocenters. The highest BCUT2D eigenvalue weighted by molar-refractivity contribution is 7.17. The van der Waals surface area contributed by atoms with Crippen molar-refractivity contribution in [1.29, 1.82) is 0 Å². The van der Waals surface area contributed by atoms with E-state index < -0.39 is 28.7 Å². The van der Waals surface area contributed by atoms with Gasteiger partial charge in [0.25, 0.3) is 0 Å². The molecule has 6 nitrogen and oxygen atoms in total. The molecule has 1 aliphatic heterocycles. The van der Waals surface area contributed by atoms with Crippen LogP contribution in [0.4, 0.5) is 23.0 Å². The first-order chi connectivity index (χ1) is 15.9. The summed E-state index contributed by atoms with van der Waals surface area (Å²) < 4.78 is 46.4. The fourth-order valence-corrected chi connectivity index (χ4v) is 6.81. The van der Waals surface area contributed by atoms with Crippen molar-refractivity contribution in [3.8, 4) is 0 Å². The van der Waals surface area contributed by atoms with Crippen molar-refractivity contribution in [2.45, 2.75) is 77.7 Å². The van der Waals surface area contributed by atoms with Crippen LogP contribution in [0.3, 0.4) is 0 Å². The maximum absolute atomic E-state index is 13.6. The highest BCUT2D eigenvalue weighted by Crippen LogP contribution is 2.42. The number of hydrogen-bond acceptors (Lipinski definition) is 6. The number of carbonyl (C=O) groups is 2. The van der Waals surface area contributed by atoms with E-state index in [0.29, 0.717) is 40.5 Å². The summed E-state index contributed by atoms with van der Waals surface area (Å²) in [7, 11) is 0. The van der Waals surface area contributed by atoms with Crippen LogP contribution < -0.4 is 16.0 Å². The van der Waals surface area contributed by atoms with Crippen molar-refractivity contribution in [1.82, 2.24) is 10.6 Å². The Balaban J connectivity index is 0.00000342. The van der Waals surface area contributed by atoms with Gasteiger partial charge in [0.1, 0.15) is 15.5 Å². The highest BCUT2D eigenvalue weighted by Gasteiger charge is 2.38. The van der Waals surface area contributed by atoms with Crippen LogP contribution in [0.1, 0.15) is 75.3 Å². The van der Waals surface area contributed by atoms with Crippen LogP contribution in [-0.4, -0.2) is 24.1 Å². The summed E-state index contributed by atoms with van der Waals surface area (Å²) in [5.41, 5.74) is 1.36. The molecule has 2 amide bonds. The molecule has 0 unspecified atom stereocenters. The predicted octanol–water partition coefficient (Wildman–Crippen LogP) is 6.05. The van der Waals surface area contributed by atoms with E-state index in [0.717, 1.165) is 47.5 Å². The van der Waals surface area contributed by atoms with Crippen molar-refractivity contribution in [3.05, 3.63) is 36.9 Å². The second kappa shape index (κ2) is 10.7. The van der Waals surface area contributed by atoms with Gasteiger partial charge >= 0.3 is 18.2 Å². The average Bonchev–Trinajstić information content (AvgIpc) is 3.29. The molecule has 35 heavy (non-hydrogen) atoms. The van der Waals surface area contributed by atoms with E-state index in [1.807, 2.05) is 0 Å². The number of halogens is 4. The molecule has 1 aliphatic carbocycles. The number of rotatable bonds is 4. The Morgan fingerprint density at radius 3 is 2.43 bits per heavy atom. The van der Waals surface area contributed by atoms with Crippen molar-refractivity contribution in [2.24, 2.45) is 0 Å². The Morgan fingerprint density at radius 1 is 1.03 bits per heavy atom. The number of ether oxygens (including phenoxy) is 1. The van der Waals surface area contributed by atoms with E-state index in [1.165, 1.54) is 11.3 Å². The van der Waals surface area contributed by atoms with E-state index in [9.17, 15) is 22.8 Å². The molecule has 2 aromatic heterocycles. The molecular weight excluding hydrogens is 523 g/mol. The zero-order valence-electron chi connectivity index (χ0n) is 19.7. The van der Waals surface area contributed by atoms with Gasteiger partial charge in [0, 0.05) is 22.8 Å². The molecule has 0 spiro atoms. The normalized spacial score (nSPS) is 15.5. The van der Waals surface area contributed by atoms with Crippen molar-refractivity contribution in [3.63, 3.8) is 0 Å². The van der Waals surface area contributed by atoms with Gasteiger partial charge in [-0.05, 0) is 76.1 Å². The van der Waals surface area contributed by atoms with Crippen LogP contribution in [0, 0.1) is 0 Å². The van der Waals surface area contributed by atoms with E-state index in [-0.39, 0.29) is 24.5 Å². The number of thiophene rings is 2. The van der Waals surface area contributed by atoms with E-state index >= 15 is 0 Å². The van der Waals surface area contributed by atoms with E-state index in [1.54, 1.807) is 20.8 Å². The van der Waals surface area contributed by atoms with E-state index in [2.05, 4.69) is 16.0 Å². The lowest BCUT2D eigenvalue weighted by Crippen LogP contribution is -2.31. The topological polar surface area (TPSA) is 79.5 Å². The first-order valence-electron chi connectivity index (χ1n) is 11.3. The van der Waals surface area contributed by atoms with Gasteiger partial charge in [-0.1, -0.05) is 0 Å². The zero-order valence-corrected chi connectivity index (χ0v) is 22.2. The smallest absolute Gasteiger partial charge is 0.425 e. The fraction of sp³-hybridized carbons (Fsp3) is 0.565. The van der Waals surface area contributed by atoms with Crippen LogP contribution >= 0.6 is 35.1 Å². The van der Waals surface area contributed by atoms with Crippen LogP contribution in [0.2, 0.25) is 0 Å². The summed E-state index contributed by atoms with van der Waals surface area (Å²) in [6.45, 7) is 6.09. The first-order valence-corrected chi connectivity index (χ1v) is 12.9. The third-order valence-corrected chi connectivity index (χ3v) is 8.25. The second-order valence-corrected chi connectivity index (χ2v) is 11.7. The van der Waals surface area contributed by atoms with Gasteiger partial charge in [0.05, 0.1) is 5.56 Å². The second-order valence-electron chi connectivity index (χ2n) is 9.46. The maximum Gasteiger partial charge on any atom is 0.425 e. The summed E-state index contributed by atoms with van der Waals surface area (Å²) in [5, 5.41) is 8.76. The lowest BCUT2D eigenvalue weighted by atomic mass is 9.95. The first kappa shape index (κ1) is 27.8. The summed E-state index contributed by atoms with van der Waals surface area (Å²) in [6.07, 6.45) is -0.487. The molecule has 0 fully saturated rings. The molecule has 4 rings (SSSR count). The molecule has 2 aliphatic rings. The molecule has 3 N–H and O–H groups in total. The van der Waals surface area contributed by atoms with Gasteiger partial charge in [-0.2, -0.15) is 13.2 Å². The number of carbonyl (C=O) groups excluding carboxylic acids is 2. The summed E-state index contributed by atoms with van der Waals surface area (Å²) in [6, 6.07) is -0.648. The summed E-state index contributed by atoms with van der Waals surface area (Å²) in [5.74, 6) is -0.499. The standard InChI is InChI=1S/C23H28F3N3O3S2.ClH/c1-22(2,3)32-20(30)17-13-6-4-5-7-15(13)34-19(17)29-21(31)28-10-14-12-8-9-27-11-16(12)33-18(14)23(24,25)26;/h27H,4-11H2,1-3H3,(H2,28,29,31);1H. The van der Waals surface area contributed by atoms with Crippen LogP contribution in [0.25, 0.3) is 0 Å². The van der Waals surface area contributed by atoms with Gasteiger partial charge in [-0.15, -0.1) is 35.1 Å². The Labute approximate surface area is 216 Å². The number of esters is 1. The molecule has 194 valence electrons. The number of fused-ring (bicyclic) bond motifs is 2. The third kappa shape index (κ3) is 6.31. The Kier molecular flexibility index (Phi) is 8.45. The molecule has 0 radical (unpaired) electrons. The number of alkyl halides is 3. The van der Waals surface area contributed by atoms with E-state index in [4.69, 9.17) is 4.74 Å². The zero-order chi connectivity index (χ0) is 24.7. The molecule has 0 aromatic carbocycles. The lowest BCUT2D eigenvalue weighted by molar-refractivity contribution is -0.135. The third-order valence-electron chi connectivity index (χ3n) is 5.72. The largest absolute Gasteiger partial charge is 0.456 e. The summed E-state index contributed by atoms with van der Waals surface area (Å²) in [4.78, 5) is 26.7. The fourth-order valence-electron chi connectivity index (χ4n) is 4.33. The van der Waals surface area contributed by atoms with Crippen LogP contribution in [0.15, 0.2) is 0 Å². The van der Waals surface area contributed by atoms with Crippen molar-refractivity contribution < 1.29 is 27.5 Å². The SMILES string of the molecule is CC(C)(C)OC(=O)c1c(NC(=O)NCc2c(C(F)(F)F)sc3c2CCNC3)sc2c1CCCC2.Cl. The average molecular weight is 552 g/mol. The molecule has 2 aromatic rings. The molecule has 0 saturated carbocycles. The minimum absolute atomic E-state index is 0. The quantitative estimate of drug-likeness (QED) is 0.404. The van der Waals surface area contributed by atoms with Gasteiger partial charge in [0.2, 0.25) is 0 Å². The number of aryl methyl sites for hydroxylation is 1. The predicted molar refractivity (Wildman–Crippen MR) is 134 cm³/mol. The lowest BCUT2D eigenvalue weighted by Gasteiger charge is -2.21. The monoisotopic (exact) mass is 551 g/mol. The molecule has 0 bridgehead atoms. The van der Waals surface area contributed by atoms with Gasteiger partial charge < -0.3 is 15.4 Å². The minimum Gasteiger partial charge on any atom is -0.456 e.